The van der Waals surface area contributed by atoms with Crippen molar-refractivity contribution in [3.05, 3.63) is 59.9 Å². The Kier molecular flexibility index (Phi) is 5.74. The van der Waals surface area contributed by atoms with Gasteiger partial charge < -0.3 is 19.9 Å². The normalized spacial score (nSPS) is 10.5. The highest BCUT2D eigenvalue weighted by molar-refractivity contribution is 6.01. The topological polar surface area (TPSA) is 97.8 Å². The number of esters is 1. The van der Waals surface area contributed by atoms with Crippen LogP contribution in [0.15, 0.2) is 48.5 Å². The molecule has 0 unspecified atom stereocenters. The van der Waals surface area contributed by atoms with E-state index in [0.717, 1.165) is 0 Å². The van der Waals surface area contributed by atoms with Gasteiger partial charge in [-0.3, -0.25) is 4.79 Å². The van der Waals surface area contributed by atoms with Crippen LogP contribution in [0.3, 0.4) is 0 Å². The standard InChI is InChI=1S/C21H20N2O5/c1-3-27-21(26)19-20(25)15-10-9-14(28-13-7-5-4-6-8-13)11-16(15)17(23-19)12-18(24)22-2/h4-11,25H,3,12H2,1-2H3,(H,22,24). The molecule has 0 aliphatic carbocycles. The van der Waals surface area contributed by atoms with Crippen LogP contribution in [0.4, 0.5) is 0 Å². The minimum atomic E-state index is -0.746. The third-order valence-corrected chi connectivity index (χ3v) is 4.08. The maximum Gasteiger partial charge on any atom is 0.360 e. The Labute approximate surface area is 161 Å². The van der Waals surface area contributed by atoms with Gasteiger partial charge in [0.15, 0.2) is 11.4 Å². The van der Waals surface area contributed by atoms with Crippen molar-refractivity contribution >= 4 is 22.6 Å². The molecule has 3 rings (SSSR count). The molecule has 7 heteroatoms. The van der Waals surface area contributed by atoms with Crippen LogP contribution in [0.5, 0.6) is 17.2 Å². The van der Waals surface area contributed by atoms with Gasteiger partial charge in [0.25, 0.3) is 0 Å². The van der Waals surface area contributed by atoms with Crippen LogP contribution < -0.4 is 10.1 Å². The zero-order valence-electron chi connectivity index (χ0n) is 15.6. The van der Waals surface area contributed by atoms with E-state index in [1.165, 1.54) is 7.05 Å². The lowest BCUT2D eigenvalue weighted by atomic mass is 10.0. The van der Waals surface area contributed by atoms with Gasteiger partial charge in [-0.2, -0.15) is 0 Å². The molecule has 0 bridgehead atoms. The Hall–Kier alpha value is -3.61. The second-order valence-electron chi connectivity index (χ2n) is 5.95. The molecule has 0 aliphatic rings. The number of carbonyl (C=O) groups is 2. The summed E-state index contributed by atoms with van der Waals surface area (Å²) in [6.45, 7) is 1.81. The summed E-state index contributed by atoms with van der Waals surface area (Å²) >= 11 is 0. The SMILES string of the molecule is CCOC(=O)c1nc(CC(=O)NC)c2cc(Oc3ccccc3)ccc2c1O. The largest absolute Gasteiger partial charge is 0.505 e. The smallest absolute Gasteiger partial charge is 0.360 e. The van der Waals surface area contributed by atoms with Crippen molar-refractivity contribution in [1.82, 2.24) is 10.3 Å². The first-order chi connectivity index (χ1) is 13.5. The molecule has 1 heterocycles. The summed E-state index contributed by atoms with van der Waals surface area (Å²) in [5, 5.41) is 14.0. The Balaban J connectivity index is 2.11. The molecular formula is C21H20N2O5. The Morgan fingerprint density at radius 1 is 1.07 bits per heavy atom. The molecule has 2 N–H and O–H groups in total. The number of hydrogen-bond donors (Lipinski definition) is 2. The van der Waals surface area contributed by atoms with Gasteiger partial charge in [0.1, 0.15) is 11.5 Å². The van der Waals surface area contributed by atoms with Crippen molar-refractivity contribution in [2.75, 3.05) is 13.7 Å². The zero-order chi connectivity index (χ0) is 20.1. The number of likely N-dealkylation sites (N-methyl/N-ethyl adjacent to an activating group) is 1. The first-order valence-electron chi connectivity index (χ1n) is 8.79. The van der Waals surface area contributed by atoms with Crippen LogP contribution in [0, 0.1) is 0 Å². The number of nitrogens with zero attached hydrogens (tertiary/aromatic N) is 1. The van der Waals surface area contributed by atoms with Crippen LogP contribution in [0.2, 0.25) is 0 Å². The van der Waals surface area contributed by atoms with E-state index >= 15 is 0 Å². The van der Waals surface area contributed by atoms with Gasteiger partial charge in [0.2, 0.25) is 5.91 Å². The molecular weight excluding hydrogens is 360 g/mol. The van der Waals surface area contributed by atoms with E-state index in [0.29, 0.717) is 28.0 Å². The molecule has 7 nitrogen and oxygen atoms in total. The number of pyridine rings is 1. The first-order valence-corrected chi connectivity index (χ1v) is 8.79. The van der Waals surface area contributed by atoms with E-state index < -0.39 is 5.97 Å². The fourth-order valence-corrected chi connectivity index (χ4v) is 2.75. The van der Waals surface area contributed by atoms with Crippen molar-refractivity contribution < 1.29 is 24.2 Å². The molecule has 0 radical (unpaired) electrons. The van der Waals surface area contributed by atoms with E-state index in [-0.39, 0.29) is 30.4 Å². The van der Waals surface area contributed by atoms with Crippen LogP contribution >= 0.6 is 0 Å². The molecule has 144 valence electrons. The van der Waals surface area contributed by atoms with Gasteiger partial charge in [-0.25, -0.2) is 9.78 Å². The summed E-state index contributed by atoms with van der Waals surface area (Å²) in [5.74, 6) is -0.148. The van der Waals surface area contributed by atoms with E-state index in [1.807, 2.05) is 30.3 Å². The molecule has 2 aromatic carbocycles. The number of aromatic nitrogens is 1. The monoisotopic (exact) mass is 380 g/mol. The average molecular weight is 380 g/mol. The number of para-hydroxylation sites is 1. The van der Waals surface area contributed by atoms with Crippen molar-refractivity contribution in [2.24, 2.45) is 0 Å². The van der Waals surface area contributed by atoms with Gasteiger partial charge in [0, 0.05) is 17.8 Å². The van der Waals surface area contributed by atoms with Crippen molar-refractivity contribution in [3.8, 4) is 17.2 Å². The highest BCUT2D eigenvalue weighted by atomic mass is 16.5. The summed E-state index contributed by atoms with van der Waals surface area (Å²) in [6, 6.07) is 14.2. The molecule has 28 heavy (non-hydrogen) atoms. The molecule has 0 aliphatic heterocycles. The van der Waals surface area contributed by atoms with Gasteiger partial charge in [0.05, 0.1) is 18.7 Å². The number of amides is 1. The quantitative estimate of drug-likeness (QED) is 0.638. The number of rotatable bonds is 6. The van der Waals surface area contributed by atoms with E-state index in [9.17, 15) is 14.7 Å². The number of benzene rings is 2. The number of fused-ring (bicyclic) bond motifs is 1. The predicted octanol–water partition coefficient (Wildman–Crippen LogP) is 3.20. The third-order valence-electron chi connectivity index (χ3n) is 4.08. The van der Waals surface area contributed by atoms with Crippen LogP contribution in [-0.4, -0.2) is 35.6 Å². The Morgan fingerprint density at radius 2 is 1.82 bits per heavy atom. The summed E-state index contributed by atoms with van der Waals surface area (Å²) in [4.78, 5) is 28.3. The number of ether oxygens (including phenoxy) is 2. The van der Waals surface area contributed by atoms with Crippen molar-refractivity contribution in [1.29, 1.82) is 0 Å². The van der Waals surface area contributed by atoms with E-state index in [1.54, 1.807) is 25.1 Å². The molecule has 0 fully saturated rings. The summed E-state index contributed by atoms with van der Waals surface area (Å²) in [6.07, 6.45) is -0.0610. The second kappa shape index (κ2) is 8.39. The van der Waals surface area contributed by atoms with Gasteiger partial charge in [-0.15, -0.1) is 0 Å². The fourth-order valence-electron chi connectivity index (χ4n) is 2.75. The Bertz CT molecular complexity index is 1020. The fraction of sp³-hybridized carbons (Fsp3) is 0.190. The van der Waals surface area contributed by atoms with Crippen molar-refractivity contribution in [3.63, 3.8) is 0 Å². The molecule has 0 saturated carbocycles. The Morgan fingerprint density at radius 3 is 2.50 bits per heavy atom. The van der Waals surface area contributed by atoms with Crippen LogP contribution in [0.25, 0.3) is 10.8 Å². The van der Waals surface area contributed by atoms with E-state index in [2.05, 4.69) is 10.3 Å². The maximum atomic E-state index is 12.2. The molecule has 3 aromatic rings. The van der Waals surface area contributed by atoms with Gasteiger partial charge >= 0.3 is 5.97 Å². The maximum absolute atomic E-state index is 12.2. The van der Waals surface area contributed by atoms with Crippen LogP contribution in [0.1, 0.15) is 23.1 Å². The lowest BCUT2D eigenvalue weighted by Crippen LogP contribution is -2.21. The number of aromatic hydroxyl groups is 1. The first kappa shape index (κ1) is 19.2. The predicted molar refractivity (Wildman–Crippen MR) is 104 cm³/mol. The molecule has 1 aromatic heterocycles. The number of hydrogen-bond acceptors (Lipinski definition) is 6. The van der Waals surface area contributed by atoms with Gasteiger partial charge in [-0.1, -0.05) is 18.2 Å². The molecule has 0 atom stereocenters. The highest BCUT2D eigenvalue weighted by Gasteiger charge is 2.21. The van der Waals surface area contributed by atoms with Crippen LogP contribution in [-0.2, 0) is 16.0 Å². The van der Waals surface area contributed by atoms with Gasteiger partial charge in [-0.05, 0) is 37.3 Å². The average Bonchev–Trinajstić information content (AvgIpc) is 2.70. The van der Waals surface area contributed by atoms with Crippen molar-refractivity contribution in [2.45, 2.75) is 13.3 Å². The lowest BCUT2D eigenvalue weighted by Gasteiger charge is -2.13. The zero-order valence-corrected chi connectivity index (χ0v) is 15.6. The molecule has 0 spiro atoms. The highest BCUT2D eigenvalue weighted by Crippen LogP contribution is 2.34. The minimum absolute atomic E-state index is 0.0610. The number of carbonyl (C=O) groups excluding carboxylic acids is 2. The minimum Gasteiger partial charge on any atom is -0.505 e. The number of nitrogens with one attached hydrogen (secondary N) is 1. The summed E-state index contributed by atoms with van der Waals surface area (Å²) < 4.78 is 10.8. The summed E-state index contributed by atoms with van der Waals surface area (Å²) in [7, 11) is 1.52. The lowest BCUT2D eigenvalue weighted by molar-refractivity contribution is -0.120. The second-order valence-corrected chi connectivity index (χ2v) is 5.95. The molecule has 0 saturated heterocycles. The third kappa shape index (κ3) is 4.03. The summed E-state index contributed by atoms with van der Waals surface area (Å²) in [5.41, 5.74) is 0.124. The van der Waals surface area contributed by atoms with E-state index in [4.69, 9.17) is 9.47 Å². The molecule has 1 amide bonds.